The number of carbonyl (C=O) groups excluding carboxylic acids is 1. The topological polar surface area (TPSA) is 66.4 Å². The lowest BCUT2D eigenvalue weighted by Gasteiger charge is -2.26. The van der Waals surface area contributed by atoms with Gasteiger partial charge in [-0.25, -0.2) is 4.79 Å². The summed E-state index contributed by atoms with van der Waals surface area (Å²) in [4.78, 5) is 22.9. The highest BCUT2D eigenvalue weighted by Crippen LogP contribution is 2.33. The average Bonchev–Trinajstić information content (AvgIpc) is 3.09. The molecule has 0 bridgehead atoms. The third kappa shape index (κ3) is 3.72. The van der Waals surface area contributed by atoms with E-state index in [0.29, 0.717) is 18.3 Å². The van der Waals surface area contributed by atoms with Crippen LogP contribution in [0.3, 0.4) is 0 Å². The molecule has 0 aromatic carbocycles. The molecular formula is C14H23NO3. The summed E-state index contributed by atoms with van der Waals surface area (Å²) in [6.07, 6.45) is 7.03. The van der Waals surface area contributed by atoms with Crippen molar-refractivity contribution in [3.8, 4) is 0 Å². The fraction of sp³-hybridized carbons (Fsp3) is 0.857. The maximum atomic E-state index is 11.9. The van der Waals surface area contributed by atoms with Crippen molar-refractivity contribution in [1.82, 2.24) is 5.32 Å². The minimum absolute atomic E-state index is 0.0756. The molecule has 4 heteroatoms. The number of carboxylic acid groups (broad SMARTS) is 1. The predicted molar refractivity (Wildman–Crippen MR) is 68.0 cm³/mol. The van der Waals surface area contributed by atoms with Crippen LogP contribution in [-0.4, -0.2) is 23.0 Å². The Bertz CT molecular complexity index is 325. The van der Waals surface area contributed by atoms with E-state index in [4.69, 9.17) is 5.11 Å². The van der Waals surface area contributed by atoms with E-state index < -0.39 is 12.0 Å². The maximum absolute atomic E-state index is 11.9. The molecular weight excluding hydrogens is 230 g/mol. The minimum atomic E-state index is -0.886. The zero-order valence-corrected chi connectivity index (χ0v) is 11.0. The van der Waals surface area contributed by atoms with E-state index >= 15 is 0 Å². The lowest BCUT2D eigenvalue weighted by molar-refractivity contribution is -0.142. The number of aliphatic carboxylic acids is 1. The highest BCUT2D eigenvalue weighted by Gasteiger charge is 2.37. The summed E-state index contributed by atoms with van der Waals surface area (Å²) in [5.74, 6) is 0.352. The van der Waals surface area contributed by atoms with E-state index in [1.807, 2.05) is 0 Å². The molecule has 2 rings (SSSR count). The van der Waals surface area contributed by atoms with Crippen LogP contribution in [0.4, 0.5) is 0 Å². The van der Waals surface area contributed by atoms with Crippen molar-refractivity contribution in [3.05, 3.63) is 0 Å². The van der Waals surface area contributed by atoms with Gasteiger partial charge in [0.2, 0.25) is 5.91 Å². The molecule has 0 aromatic rings. The molecule has 0 saturated heterocycles. The van der Waals surface area contributed by atoms with Crippen molar-refractivity contribution in [1.29, 1.82) is 0 Å². The van der Waals surface area contributed by atoms with E-state index in [1.165, 1.54) is 12.8 Å². The summed E-state index contributed by atoms with van der Waals surface area (Å²) in [5.41, 5.74) is 0. The van der Waals surface area contributed by atoms with E-state index in [-0.39, 0.29) is 11.8 Å². The summed E-state index contributed by atoms with van der Waals surface area (Å²) in [6, 6.07) is -0.654. The van der Waals surface area contributed by atoms with Crippen molar-refractivity contribution in [3.63, 3.8) is 0 Å². The standard InChI is InChI=1S/C14H23NO3/c1-9-3-2-4-10(7-9)8-12(16)15-13(14(17)18)11-5-6-11/h9-11,13H,2-8H2,1H3,(H,15,16)(H,17,18). The Kier molecular flexibility index (Phi) is 4.25. The van der Waals surface area contributed by atoms with Crippen LogP contribution >= 0.6 is 0 Å². The van der Waals surface area contributed by atoms with Gasteiger partial charge in [0.15, 0.2) is 0 Å². The van der Waals surface area contributed by atoms with Gasteiger partial charge >= 0.3 is 5.97 Å². The number of nitrogens with one attached hydrogen (secondary N) is 1. The van der Waals surface area contributed by atoms with Crippen molar-refractivity contribution < 1.29 is 14.7 Å². The molecule has 18 heavy (non-hydrogen) atoms. The lowest BCUT2D eigenvalue weighted by atomic mass is 9.80. The van der Waals surface area contributed by atoms with Crippen LogP contribution in [0.5, 0.6) is 0 Å². The molecule has 0 radical (unpaired) electrons. The largest absolute Gasteiger partial charge is 0.480 e. The van der Waals surface area contributed by atoms with Gasteiger partial charge in [-0.2, -0.15) is 0 Å². The Hall–Kier alpha value is -1.06. The fourth-order valence-electron chi connectivity index (χ4n) is 3.05. The van der Waals surface area contributed by atoms with Crippen LogP contribution in [0.1, 0.15) is 51.9 Å². The quantitative estimate of drug-likeness (QED) is 0.789. The van der Waals surface area contributed by atoms with Gasteiger partial charge in [0.05, 0.1) is 0 Å². The van der Waals surface area contributed by atoms with Gasteiger partial charge in [0.25, 0.3) is 0 Å². The van der Waals surface area contributed by atoms with Gasteiger partial charge in [0, 0.05) is 6.42 Å². The third-order valence-electron chi connectivity index (χ3n) is 4.20. The van der Waals surface area contributed by atoms with Crippen LogP contribution in [0.25, 0.3) is 0 Å². The molecule has 2 aliphatic rings. The van der Waals surface area contributed by atoms with Gasteiger partial charge < -0.3 is 10.4 Å². The zero-order valence-electron chi connectivity index (χ0n) is 11.0. The Morgan fingerprint density at radius 1 is 1.28 bits per heavy atom. The van der Waals surface area contributed by atoms with Crippen LogP contribution in [-0.2, 0) is 9.59 Å². The number of rotatable bonds is 5. The fourth-order valence-corrected chi connectivity index (χ4v) is 3.05. The second kappa shape index (κ2) is 5.72. The van der Waals surface area contributed by atoms with Gasteiger partial charge in [-0.05, 0) is 43.4 Å². The van der Waals surface area contributed by atoms with Gasteiger partial charge in [-0.1, -0.05) is 19.8 Å². The van der Waals surface area contributed by atoms with Gasteiger partial charge in [0.1, 0.15) is 6.04 Å². The minimum Gasteiger partial charge on any atom is -0.480 e. The van der Waals surface area contributed by atoms with E-state index in [0.717, 1.165) is 25.7 Å². The summed E-state index contributed by atoms with van der Waals surface area (Å²) in [5, 5.41) is 11.8. The second-order valence-electron chi connectivity index (χ2n) is 6.06. The molecule has 2 N–H and O–H groups in total. The molecule has 0 aromatic heterocycles. The molecule has 2 aliphatic carbocycles. The Balaban J connectivity index is 1.78. The van der Waals surface area contributed by atoms with Gasteiger partial charge in [-0.15, -0.1) is 0 Å². The Labute approximate surface area is 108 Å². The summed E-state index contributed by atoms with van der Waals surface area (Å²) < 4.78 is 0. The first-order chi connectivity index (χ1) is 8.56. The van der Waals surface area contributed by atoms with Crippen molar-refractivity contribution in [2.45, 2.75) is 57.9 Å². The number of hydrogen-bond acceptors (Lipinski definition) is 2. The predicted octanol–water partition coefficient (Wildman–Crippen LogP) is 2.18. The summed E-state index contributed by atoms with van der Waals surface area (Å²) >= 11 is 0. The molecule has 3 atom stereocenters. The second-order valence-corrected chi connectivity index (χ2v) is 6.06. The van der Waals surface area contributed by atoms with Crippen LogP contribution < -0.4 is 5.32 Å². The number of carbonyl (C=O) groups is 2. The number of amides is 1. The monoisotopic (exact) mass is 253 g/mol. The molecule has 0 aliphatic heterocycles. The molecule has 2 fully saturated rings. The van der Waals surface area contributed by atoms with E-state index in [1.54, 1.807) is 0 Å². The molecule has 102 valence electrons. The maximum Gasteiger partial charge on any atom is 0.326 e. The van der Waals surface area contributed by atoms with Crippen molar-refractivity contribution in [2.75, 3.05) is 0 Å². The molecule has 3 unspecified atom stereocenters. The molecule has 0 spiro atoms. The number of hydrogen-bond donors (Lipinski definition) is 2. The van der Waals surface area contributed by atoms with Crippen LogP contribution in [0, 0.1) is 17.8 Å². The highest BCUT2D eigenvalue weighted by molar-refractivity contribution is 5.84. The lowest BCUT2D eigenvalue weighted by Crippen LogP contribution is -2.43. The Morgan fingerprint density at radius 2 is 2.00 bits per heavy atom. The third-order valence-corrected chi connectivity index (χ3v) is 4.20. The summed E-state index contributed by atoms with van der Waals surface area (Å²) in [7, 11) is 0. The molecule has 4 nitrogen and oxygen atoms in total. The van der Waals surface area contributed by atoms with Crippen molar-refractivity contribution >= 4 is 11.9 Å². The highest BCUT2D eigenvalue weighted by atomic mass is 16.4. The Morgan fingerprint density at radius 3 is 2.56 bits per heavy atom. The first-order valence-corrected chi connectivity index (χ1v) is 7.08. The molecule has 2 saturated carbocycles. The number of carboxylic acids is 1. The normalized spacial score (nSPS) is 29.6. The van der Waals surface area contributed by atoms with Crippen LogP contribution in [0.15, 0.2) is 0 Å². The average molecular weight is 253 g/mol. The first kappa shape index (κ1) is 13.4. The van der Waals surface area contributed by atoms with E-state index in [2.05, 4.69) is 12.2 Å². The van der Waals surface area contributed by atoms with Gasteiger partial charge in [-0.3, -0.25) is 4.79 Å². The van der Waals surface area contributed by atoms with E-state index in [9.17, 15) is 9.59 Å². The molecule has 1 amide bonds. The van der Waals surface area contributed by atoms with Crippen LogP contribution in [0.2, 0.25) is 0 Å². The molecule has 0 heterocycles. The smallest absolute Gasteiger partial charge is 0.326 e. The zero-order chi connectivity index (χ0) is 13.1. The first-order valence-electron chi connectivity index (χ1n) is 7.08. The summed E-state index contributed by atoms with van der Waals surface area (Å²) in [6.45, 7) is 2.23. The van der Waals surface area contributed by atoms with Crippen molar-refractivity contribution in [2.24, 2.45) is 17.8 Å². The SMILES string of the molecule is CC1CCCC(CC(=O)NC(C(=O)O)C2CC2)C1.